The van der Waals surface area contributed by atoms with Crippen LogP contribution in [0.4, 0.5) is 11.4 Å². The zero-order valence-corrected chi connectivity index (χ0v) is 20.1. The quantitative estimate of drug-likeness (QED) is 0.141. The van der Waals surface area contributed by atoms with Crippen LogP contribution in [0.15, 0.2) is 88.3 Å². The predicted molar refractivity (Wildman–Crippen MR) is 141 cm³/mol. The molecule has 0 aliphatic heterocycles. The molecule has 0 radical (unpaired) electrons. The molecule has 1 heterocycles. The molecule has 0 aliphatic rings. The second-order valence-electron chi connectivity index (χ2n) is 8.03. The molecule has 0 aliphatic carbocycles. The maximum Gasteiger partial charge on any atom is 0.311 e. The fourth-order valence-electron chi connectivity index (χ4n) is 3.79. The molecule has 4 aromatic carbocycles. The number of aliphatic imine (C=N–C) groups is 1. The van der Waals surface area contributed by atoms with Crippen LogP contribution >= 0.6 is 23.2 Å². The average Bonchev–Trinajstić information content (AvgIpc) is 3.29. The lowest BCUT2D eigenvalue weighted by molar-refractivity contribution is -0.385. The van der Waals surface area contributed by atoms with E-state index < -0.39 is 10.7 Å². The maximum atomic E-state index is 11.5. The van der Waals surface area contributed by atoms with E-state index in [0.29, 0.717) is 50.3 Å². The highest BCUT2D eigenvalue weighted by Gasteiger charge is 2.19. The van der Waals surface area contributed by atoms with Crippen LogP contribution in [0.25, 0.3) is 22.6 Å². The Morgan fingerprint density at radius 1 is 1.00 bits per heavy atom. The van der Waals surface area contributed by atoms with Crippen molar-refractivity contribution in [2.75, 3.05) is 0 Å². The van der Waals surface area contributed by atoms with Gasteiger partial charge < -0.3 is 9.52 Å². The molecule has 5 rings (SSSR count). The third kappa shape index (κ3) is 4.93. The molecule has 9 heteroatoms. The Kier molecular flexibility index (Phi) is 6.41. The number of nitro benzene ring substituents is 1. The van der Waals surface area contributed by atoms with Gasteiger partial charge in [-0.05, 0) is 60.0 Å². The summed E-state index contributed by atoms with van der Waals surface area (Å²) in [6, 6.07) is 22.8. The van der Waals surface area contributed by atoms with Crippen molar-refractivity contribution < 1.29 is 14.4 Å². The van der Waals surface area contributed by atoms with Gasteiger partial charge in [-0.25, -0.2) is 4.98 Å². The van der Waals surface area contributed by atoms with Gasteiger partial charge in [0.15, 0.2) is 5.58 Å². The Bertz CT molecular complexity index is 1630. The van der Waals surface area contributed by atoms with E-state index in [2.05, 4.69) is 9.98 Å². The summed E-state index contributed by atoms with van der Waals surface area (Å²) in [6.45, 7) is 0. The van der Waals surface area contributed by atoms with Gasteiger partial charge in [-0.3, -0.25) is 15.1 Å². The molecule has 0 atom stereocenters. The van der Waals surface area contributed by atoms with Gasteiger partial charge in [-0.15, -0.1) is 0 Å². The Morgan fingerprint density at radius 2 is 1.81 bits per heavy atom. The summed E-state index contributed by atoms with van der Waals surface area (Å²) >= 11 is 12.3. The van der Waals surface area contributed by atoms with Crippen LogP contribution in [0.1, 0.15) is 16.7 Å². The Labute approximate surface area is 215 Å². The lowest BCUT2D eigenvalue weighted by atomic mass is 10.0. The van der Waals surface area contributed by atoms with Gasteiger partial charge >= 0.3 is 5.69 Å². The molecule has 1 aromatic heterocycles. The van der Waals surface area contributed by atoms with Crippen LogP contribution in [0.5, 0.6) is 5.75 Å². The van der Waals surface area contributed by atoms with Crippen molar-refractivity contribution in [2.45, 2.75) is 6.42 Å². The van der Waals surface area contributed by atoms with E-state index in [9.17, 15) is 15.2 Å². The molecule has 0 unspecified atom stereocenters. The standard InChI is InChI=1S/C27H17Cl2N3O4/c28-19-6-8-22(29)21(13-19)27-31-23-14-20(7-9-25(23)36-27)30-15-18-11-17(10-16-4-2-1-3-5-16)12-24(26(18)33)32(34)35/h1-9,11-15,33H,10H2. The van der Waals surface area contributed by atoms with Gasteiger partial charge in [0, 0.05) is 22.9 Å². The summed E-state index contributed by atoms with van der Waals surface area (Å²) < 4.78 is 5.82. The van der Waals surface area contributed by atoms with Crippen molar-refractivity contribution in [1.29, 1.82) is 0 Å². The molecule has 7 nitrogen and oxygen atoms in total. The van der Waals surface area contributed by atoms with E-state index in [1.165, 1.54) is 12.3 Å². The number of hydrogen-bond acceptors (Lipinski definition) is 6. The largest absolute Gasteiger partial charge is 0.502 e. The Hall–Kier alpha value is -4.20. The number of oxazole rings is 1. The van der Waals surface area contributed by atoms with Crippen molar-refractivity contribution in [3.63, 3.8) is 0 Å². The average molecular weight is 518 g/mol. The first-order valence-corrected chi connectivity index (χ1v) is 11.6. The maximum absolute atomic E-state index is 11.5. The van der Waals surface area contributed by atoms with Gasteiger partial charge in [0.1, 0.15) is 5.52 Å². The van der Waals surface area contributed by atoms with Crippen LogP contribution in [-0.2, 0) is 6.42 Å². The molecule has 0 amide bonds. The van der Waals surface area contributed by atoms with Crippen molar-refractivity contribution >= 4 is 51.9 Å². The number of hydrogen-bond donors (Lipinski definition) is 1. The number of aromatic nitrogens is 1. The molecule has 1 N–H and O–H groups in total. The summed E-state index contributed by atoms with van der Waals surface area (Å²) in [5.41, 5.74) is 3.70. The second kappa shape index (κ2) is 9.81. The third-order valence-corrected chi connectivity index (χ3v) is 6.07. The highest BCUT2D eigenvalue weighted by molar-refractivity contribution is 6.35. The van der Waals surface area contributed by atoms with Gasteiger partial charge in [0.25, 0.3) is 0 Å². The molecular weight excluding hydrogens is 501 g/mol. The number of halogens is 2. The van der Waals surface area contributed by atoms with Crippen molar-refractivity contribution in [1.82, 2.24) is 4.98 Å². The van der Waals surface area contributed by atoms with Gasteiger partial charge in [0.05, 0.1) is 21.2 Å². The first-order chi connectivity index (χ1) is 17.4. The molecule has 5 aromatic rings. The molecule has 178 valence electrons. The molecule has 0 saturated heterocycles. The minimum atomic E-state index is -0.606. The predicted octanol–water partition coefficient (Wildman–Crippen LogP) is 7.76. The normalized spacial score (nSPS) is 11.4. The summed E-state index contributed by atoms with van der Waals surface area (Å²) in [5, 5.41) is 23.0. The number of nitrogens with zero attached hydrogens (tertiary/aromatic N) is 3. The van der Waals surface area contributed by atoms with Crippen molar-refractivity contribution in [3.8, 4) is 17.2 Å². The van der Waals surface area contributed by atoms with Crippen LogP contribution < -0.4 is 0 Å². The van der Waals surface area contributed by atoms with E-state index in [1.54, 1.807) is 42.5 Å². The van der Waals surface area contributed by atoms with Crippen LogP contribution in [-0.4, -0.2) is 21.2 Å². The third-order valence-electron chi connectivity index (χ3n) is 5.51. The number of phenolic OH excluding ortho intramolecular Hbond substituents is 1. The number of benzene rings is 4. The first-order valence-electron chi connectivity index (χ1n) is 10.8. The van der Waals surface area contributed by atoms with E-state index in [1.807, 2.05) is 30.3 Å². The summed E-state index contributed by atoms with van der Waals surface area (Å²) in [7, 11) is 0. The molecular formula is C27H17Cl2N3O4. The van der Waals surface area contributed by atoms with Crippen molar-refractivity contribution in [3.05, 3.63) is 116 Å². The Morgan fingerprint density at radius 3 is 2.58 bits per heavy atom. The highest BCUT2D eigenvalue weighted by Crippen LogP contribution is 2.34. The molecule has 36 heavy (non-hydrogen) atoms. The van der Waals surface area contributed by atoms with Crippen LogP contribution in [0.2, 0.25) is 10.0 Å². The number of phenols is 1. The SMILES string of the molecule is O=[N+]([O-])c1cc(Cc2ccccc2)cc(C=Nc2ccc3oc(-c4cc(Cl)ccc4Cl)nc3c2)c1O. The molecule has 0 fully saturated rings. The Balaban J connectivity index is 1.48. The topological polar surface area (TPSA) is 102 Å². The van der Waals surface area contributed by atoms with E-state index in [0.717, 1.165) is 5.56 Å². The summed E-state index contributed by atoms with van der Waals surface area (Å²) in [6.07, 6.45) is 1.87. The fourth-order valence-corrected chi connectivity index (χ4v) is 4.16. The molecule has 0 bridgehead atoms. The van der Waals surface area contributed by atoms with Crippen LogP contribution in [0, 0.1) is 10.1 Å². The van der Waals surface area contributed by atoms with Gasteiger partial charge in [0.2, 0.25) is 11.6 Å². The molecule has 0 saturated carbocycles. The van der Waals surface area contributed by atoms with Gasteiger partial charge in [-0.1, -0.05) is 53.5 Å². The zero-order chi connectivity index (χ0) is 25.2. The minimum absolute atomic E-state index is 0.238. The van der Waals surface area contributed by atoms with E-state index >= 15 is 0 Å². The lowest BCUT2D eigenvalue weighted by Gasteiger charge is -2.06. The number of nitro groups is 1. The van der Waals surface area contributed by atoms with E-state index in [4.69, 9.17) is 27.6 Å². The smallest absolute Gasteiger partial charge is 0.311 e. The monoisotopic (exact) mass is 517 g/mol. The molecule has 0 spiro atoms. The minimum Gasteiger partial charge on any atom is -0.502 e. The second-order valence-corrected chi connectivity index (χ2v) is 8.87. The van der Waals surface area contributed by atoms with E-state index in [-0.39, 0.29) is 11.3 Å². The van der Waals surface area contributed by atoms with Crippen LogP contribution in [0.3, 0.4) is 0 Å². The fraction of sp³-hybridized carbons (Fsp3) is 0.0370. The lowest BCUT2D eigenvalue weighted by Crippen LogP contribution is -1.97. The number of fused-ring (bicyclic) bond motifs is 1. The summed E-state index contributed by atoms with van der Waals surface area (Å²) in [4.78, 5) is 19.8. The van der Waals surface area contributed by atoms with Crippen molar-refractivity contribution in [2.24, 2.45) is 4.99 Å². The first kappa shape index (κ1) is 23.5. The zero-order valence-electron chi connectivity index (χ0n) is 18.6. The number of aromatic hydroxyl groups is 1. The number of rotatable bonds is 6. The van der Waals surface area contributed by atoms with Gasteiger partial charge in [-0.2, -0.15) is 0 Å². The highest BCUT2D eigenvalue weighted by atomic mass is 35.5. The summed E-state index contributed by atoms with van der Waals surface area (Å²) in [5.74, 6) is -0.124.